The maximum atomic E-state index is 13.7. The van der Waals surface area contributed by atoms with Gasteiger partial charge in [-0.05, 0) is 55.5 Å². The Morgan fingerprint density at radius 3 is 2.60 bits per heavy atom. The fourth-order valence-electron chi connectivity index (χ4n) is 3.40. The first-order valence-electron chi connectivity index (χ1n) is 8.95. The van der Waals surface area contributed by atoms with Crippen molar-refractivity contribution in [2.45, 2.75) is 32.7 Å². The molecule has 132 valence electrons. The van der Waals surface area contributed by atoms with Gasteiger partial charge in [-0.1, -0.05) is 31.2 Å². The maximum Gasteiger partial charge on any atom is 0.254 e. The van der Waals surface area contributed by atoms with Gasteiger partial charge in [0, 0.05) is 18.8 Å². The first-order valence-corrected chi connectivity index (χ1v) is 8.95. The lowest BCUT2D eigenvalue weighted by molar-refractivity contribution is 0.0936. The molecule has 3 rings (SSSR count). The number of carbonyl (C=O) groups is 1. The number of anilines is 1. The van der Waals surface area contributed by atoms with Crippen LogP contribution in [0, 0.1) is 11.7 Å². The van der Waals surface area contributed by atoms with Crippen molar-refractivity contribution in [3.8, 4) is 0 Å². The SMILES string of the molecule is C[C@H]1CCCN(c2ccc([C@H](C)NC(=O)c3ccccc3F)cc2)C1. The predicted molar refractivity (Wildman–Crippen MR) is 99.3 cm³/mol. The number of piperidine rings is 1. The van der Waals surface area contributed by atoms with Crippen molar-refractivity contribution < 1.29 is 9.18 Å². The molecule has 1 fully saturated rings. The van der Waals surface area contributed by atoms with Crippen LogP contribution < -0.4 is 10.2 Å². The molecule has 0 saturated carbocycles. The van der Waals surface area contributed by atoms with Gasteiger partial charge in [0.2, 0.25) is 0 Å². The third-order valence-corrected chi connectivity index (χ3v) is 4.88. The molecular formula is C21H25FN2O. The average Bonchev–Trinajstić information content (AvgIpc) is 2.62. The summed E-state index contributed by atoms with van der Waals surface area (Å²) in [5.41, 5.74) is 2.31. The lowest BCUT2D eigenvalue weighted by atomic mass is 9.99. The van der Waals surface area contributed by atoms with Crippen LogP contribution in [0.15, 0.2) is 48.5 Å². The second-order valence-electron chi connectivity index (χ2n) is 6.96. The van der Waals surface area contributed by atoms with Gasteiger partial charge in [-0.2, -0.15) is 0 Å². The number of carbonyl (C=O) groups excluding carboxylic acids is 1. The molecule has 1 aliphatic heterocycles. The molecule has 0 aliphatic carbocycles. The topological polar surface area (TPSA) is 32.3 Å². The molecule has 1 N–H and O–H groups in total. The third-order valence-electron chi connectivity index (χ3n) is 4.88. The Labute approximate surface area is 148 Å². The number of nitrogens with one attached hydrogen (secondary N) is 1. The minimum atomic E-state index is -0.498. The predicted octanol–water partition coefficient (Wildman–Crippen LogP) is 4.55. The Morgan fingerprint density at radius 2 is 1.92 bits per heavy atom. The highest BCUT2D eigenvalue weighted by Crippen LogP contribution is 2.24. The van der Waals surface area contributed by atoms with Gasteiger partial charge >= 0.3 is 0 Å². The third kappa shape index (κ3) is 4.19. The van der Waals surface area contributed by atoms with E-state index >= 15 is 0 Å². The van der Waals surface area contributed by atoms with Crippen molar-refractivity contribution in [2.24, 2.45) is 5.92 Å². The van der Waals surface area contributed by atoms with Crippen LogP contribution in [0.1, 0.15) is 48.7 Å². The highest BCUT2D eigenvalue weighted by Gasteiger charge is 2.18. The molecule has 1 aliphatic rings. The van der Waals surface area contributed by atoms with Crippen molar-refractivity contribution in [3.63, 3.8) is 0 Å². The Bertz CT molecular complexity index is 729. The van der Waals surface area contributed by atoms with Crippen LogP contribution in [0.25, 0.3) is 0 Å². The summed E-state index contributed by atoms with van der Waals surface area (Å²) in [6, 6.07) is 14.2. The van der Waals surface area contributed by atoms with Gasteiger partial charge in [-0.25, -0.2) is 4.39 Å². The first-order chi connectivity index (χ1) is 12.0. The number of amides is 1. The van der Waals surface area contributed by atoms with Crippen LogP contribution in [0.3, 0.4) is 0 Å². The Morgan fingerprint density at radius 1 is 1.20 bits per heavy atom. The number of benzene rings is 2. The van der Waals surface area contributed by atoms with E-state index in [0.717, 1.165) is 24.6 Å². The molecule has 0 radical (unpaired) electrons. The zero-order valence-electron chi connectivity index (χ0n) is 14.8. The van der Waals surface area contributed by atoms with E-state index in [1.807, 2.05) is 19.1 Å². The molecule has 3 nitrogen and oxygen atoms in total. The highest BCUT2D eigenvalue weighted by atomic mass is 19.1. The van der Waals surface area contributed by atoms with Gasteiger partial charge in [-0.3, -0.25) is 4.79 Å². The molecule has 0 spiro atoms. The molecule has 2 aromatic rings. The van der Waals surface area contributed by atoms with E-state index < -0.39 is 5.82 Å². The molecule has 0 unspecified atom stereocenters. The van der Waals surface area contributed by atoms with Crippen molar-refractivity contribution >= 4 is 11.6 Å². The second-order valence-corrected chi connectivity index (χ2v) is 6.96. The second kappa shape index (κ2) is 7.68. The van der Waals surface area contributed by atoms with Gasteiger partial charge in [0.1, 0.15) is 5.82 Å². The van der Waals surface area contributed by atoms with Crippen molar-refractivity contribution in [3.05, 3.63) is 65.5 Å². The average molecular weight is 340 g/mol. The number of rotatable bonds is 4. The van der Waals surface area contributed by atoms with Crippen molar-refractivity contribution in [1.29, 1.82) is 0 Å². The molecule has 1 heterocycles. The van der Waals surface area contributed by atoms with E-state index in [4.69, 9.17) is 0 Å². The Balaban J connectivity index is 1.65. The Kier molecular flexibility index (Phi) is 5.37. The van der Waals surface area contributed by atoms with E-state index in [9.17, 15) is 9.18 Å². The van der Waals surface area contributed by atoms with Gasteiger partial charge in [0.05, 0.1) is 11.6 Å². The molecule has 2 atom stereocenters. The fraction of sp³-hybridized carbons (Fsp3) is 0.381. The summed E-state index contributed by atoms with van der Waals surface area (Å²) in [5, 5.41) is 2.87. The summed E-state index contributed by atoms with van der Waals surface area (Å²) >= 11 is 0. The minimum Gasteiger partial charge on any atom is -0.371 e. The van der Waals surface area contributed by atoms with E-state index in [-0.39, 0.29) is 17.5 Å². The smallest absolute Gasteiger partial charge is 0.254 e. The van der Waals surface area contributed by atoms with Gasteiger partial charge in [0.15, 0.2) is 0 Å². The van der Waals surface area contributed by atoms with Gasteiger partial charge in [0.25, 0.3) is 5.91 Å². The largest absolute Gasteiger partial charge is 0.371 e. The van der Waals surface area contributed by atoms with Crippen molar-refractivity contribution in [2.75, 3.05) is 18.0 Å². The van der Waals surface area contributed by atoms with Crippen LogP contribution in [0.2, 0.25) is 0 Å². The minimum absolute atomic E-state index is 0.0771. The summed E-state index contributed by atoms with van der Waals surface area (Å²) < 4.78 is 13.7. The molecule has 1 saturated heterocycles. The van der Waals surface area contributed by atoms with Crippen molar-refractivity contribution in [1.82, 2.24) is 5.32 Å². The normalized spacial score (nSPS) is 18.7. The number of halogens is 1. The monoisotopic (exact) mass is 340 g/mol. The Hall–Kier alpha value is -2.36. The van der Waals surface area contributed by atoms with Crippen LogP contribution in [0.5, 0.6) is 0 Å². The van der Waals surface area contributed by atoms with E-state index in [1.54, 1.807) is 12.1 Å². The lowest BCUT2D eigenvalue weighted by Crippen LogP contribution is -2.34. The summed E-state index contributed by atoms with van der Waals surface area (Å²) in [6.07, 6.45) is 2.53. The summed E-state index contributed by atoms with van der Waals surface area (Å²) in [7, 11) is 0. The summed E-state index contributed by atoms with van der Waals surface area (Å²) in [5.74, 6) is -0.159. The van der Waals surface area contributed by atoms with E-state index in [2.05, 4.69) is 29.3 Å². The molecule has 2 aromatic carbocycles. The molecule has 0 bridgehead atoms. The fourth-order valence-corrected chi connectivity index (χ4v) is 3.40. The molecule has 0 aromatic heterocycles. The number of nitrogens with zero attached hydrogens (tertiary/aromatic N) is 1. The summed E-state index contributed by atoms with van der Waals surface area (Å²) in [4.78, 5) is 14.7. The molecule has 1 amide bonds. The quantitative estimate of drug-likeness (QED) is 0.885. The van der Waals surface area contributed by atoms with Crippen LogP contribution in [0.4, 0.5) is 10.1 Å². The van der Waals surface area contributed by atoms with E-state index in [0.29, 0.717) is 0 Å². The molecule has 4 heteroatoms. The zero-order chi connectivity index (χ0) is 17.8. The first kappa shape index (κ1) is 17.5. The van der Waals surface area contributed by atoms with E-state index in [1.165, 1.54) is 30.7 Å². The van der Waals surface area contributed by atoms with Crippen LogP contribution in [-0.4, -0.2) is 19.0 Å². The zero-order valence-corrected chi connectivity index (χ0v) is 14.8. The maximum absolute atomic E-state index is 13.7. The van der Waals surface area contributed by atoms with Crippen LogP contribution in [-0.2, 0) is 0 Å². The number of hydrogen-bond acceptors (Lipinski definition) is 2. The molecule has 25 heavy (non-hydrogen) atoms. The summed E-state index contributed by atoms with van der Waals surface area (Å²) in [6.45, 7) is 6.40. The standard InChI is InChI=1S/C21H25FN2O/c1-15-6-5-13-24(14-15)18-11-9-17(10-12-18)16(2)23-21(25)19-7-3-4-8-20(19)22/h3-4,7-12,15-16H,5-6,13-14H2,1-2H3,(H,23,25)/t15-,16-/m0/s1. The van der Waals surface area contributed by atoms with Gasteiger partial charge in [-0.15, -0.1) is 0 Å². The highest BCUT2D eigenvalue weighted by molar-refractivity contribution is 5.94. The lowest BCUT2D eigenvalue weighted by Gasteiger charge is -2.33. The van der Waals surface area contributed by atoms with Crippen LogP contribution >= 0.6 is 0 Å². The number of hydrogen-bond donors (Lipinski definition) is 1. The molecular weight excluding hydrogens is 315 g/mol. The van der Waals surface area contributed by atoms with Gasteiger partial charge < -0.3 is 10.2 Å².